The molecule has 1 aromatic heterocycles. The Morgan fingerprint density at radius 1 is 1.15 bits per heavy atom. The van der Waals surface area contributed by atoms with Crippen molar-refractivity contribution in [3.63, 3.8) is 0 Å². The number of aromatic nitrogens is 2. The maximum absolute atomic E-state index is 15.2. The Balaban J connectivity index is 1.25. The molecule has 3 N–H and O–H groups in total. The first-order valence-corrected chi connectivity index (χ1v) is 13.6. The molecule has 2 aliphatic rings. The van der Waals surface area contributed by atoms with Gasteiger partial charge in [-0.15, -0.1) is 6.42 Å². The molecule has 5 rings (SSSR count). The lowest BCUT2D eigenvalue weighted by molar-refractivity contribution is -0.142. The van der Waals surface area contributed by atoms with Gasteiger partial charge in [0.2, 0.25) is 11.8 Å². The molecule has 0 radical (unpaired) electrons. The van der Waals surface area contributed by atoms with Crippen LogP contribution in [0, 0.1) is 24.1 Å². The lowest BCUT2D eigenvalue weighted by Crippen LogP contribution is -2.52. The van der Waals surface area contributed by atoms with E-state index in [-0.39, 0.29) is 74.5 Å². The fourth-order valence-electron chi connectivity index (χ4n) is 5.81. The number of anilines is 1. The van der Waals surface area contributed by atoms with Gasteiger partial charge in [-0.25, -0.2) is 13.8 Å². The molecule has 1 aliphatic carbocycles. The first-order valence-electron chi connectivity index (χ1n) is 13.6. The van der Waals surface area contributed by atoms with E-state index in [1.54, 1.807) is 4.90 Å². The number of piperidine rings is 1. The van der Waals surface area contributed by atoms with Crippen LogP contribution in [0.2, 0.25) is 0 Å². The van der Waals surface area contributed by atoms with Gasteiger partial charge in [0.05, 0.1) is 12.1 Å². The summed E-state index contributed by atoms with van der Waals surface area (Å²) in [7, 11) is 0. The van der Waals surface area contributed by atoms with Crippen molar-refractivity contribution in [3.05, 3.63) is 82.7 Å². The van der Waals surface area contributed by atoms with Gasteiger partial charge >= 0.3 is 0 Å². The van der Waals surface area contributed by atoms with Crippen molar-refractivity contribution >= 4 is 11.6 Å². The second-order valence-electron chi connectivity index (χ2n) is 11.0. The summed E-state index contributed by atoms with van der Waals surface area (Å²) in [5.74, 6) is 1.17. The molecule has 1 amide bonds. The van der Waals surface area contributed by atoms with E-state index in [4.69, 9.17) is 16.9 Å². The Morgan fingerprint density at radius 2 is 1.83 bits per heavy atom. The Morgan fingerprint density at radius 3 is 2.49 bits per heavy atom. The molecule has 41 heavy (non-hydrogen) atoms. The molecular weight excluding hydrogens is 530 g/mol. The Labute approximate surface area is 236 Å². The molecule has 2 fully saturated rings. The minimum atomic E-state index is -1.75. The minimum Gasteiger partial charge on any atom is -0.437 e. The van der Waals surface area contributed by atoms with Crippen LogP contribution in [0.5, 0.6) is 11.6 Å². The molecule has 3 aromatic rings. The number of nitrogens with two attached hydrogens (primary N) is 1. The summed E-state index contributed by atoms with van der Waals surface area (Å²) in [6, 6.07) is 14.6. The third-order valence-corrected chi connectivity index (χ3v) is 8.22. The van der Waals surface area contributed by atoms with Gasteiger partial charge in [0.25, 0.3) is 5.56 Å². The molecule has 2 heterocycles. The van der Waals surface area contributed by atoms with Gasteiger partial charge in [-0.3, -0.25) is 14.2 Å². The van der Waals surface area contributed by atoms with E-state index >= 15 is 4.39 Å². The highest BCUT2D eigenvalue weighted by Crippen LogP contribution is 2.45. The maximum Gasteiger partial charge on any atom is 0.280 e. The standard InChI is InChI=1S/C31H32F2N4O4/c1-2-30(33)13-12-24(25(18-30)21-6-4-3-5-7-21)28(38)36-16-14-31(40,15-17-36)19-37-20-35-27(26(34)29(37)39)41-23-10-8-22(32)9-11-23/h1,3-11,20,24-25,40H,12-19,34H2/t24-,25+,30-/m0/s1. The summed E-state index contributed by atoms with van der Waals surface area (Å²) in [4.78, 5) is 32.4. The Kier molecular flexibility index (Phi) is 7.82. The monoisotopic (exact) mass is 562 g/mol. The number of hydrogen-bond acceptors (Lipinski definition) is 6. The summed E-state index contributed by atoms with van der Waals surface area (Å²) in [5.41, 5.74) is 3.02. The van der Waals surface area contributed by atoms with Crippen LogP contribution >= 0.6 is 0 Å². The van der Waals surface area contributed by atoms with Crippen LogP contribution in [0.1, 0.15) is 43.6 Å². The molecule has 2 aromatic carbocycles. The number of benzene rings is 2. The topological polar surface area (TPSA) is 111 Å². The highest BCUT2D eigenvalue weighted by Gasteiger charge is 2.45. The molecule has 1 saturated heterocycles. The highest BCUT2D eigenvalue weighted by atomic mass is 19.1. The van der Waals surface area contributed by atoms with E-state index in [1.165, 1.54) is 35.2 Å². The zero-order valence-corrected chi connectivity index (χ0v) is 22.5. The van der Waals surface area contributed by atoms with Gasteiger partial charge in [0.1, 0.15) is 17.9 Å². The van der Waals surface area contributed by atoms with Crippen molar-refractivity contribution in [1.29, 1.82) is 0 Å². The molecule has 0 unspecified atom stereocenters. The molecule has 8 nitrogen and oxygen atoms in total. The molecule has 214 valence electrons. The Hall–Kier alpha value is -4.23. The quantitative estimate of drug-likeness (QED) is 0.439. The number of amides is 1. The fraction of sp³-hybridized carbons (Fsp3) is 0.387. The summed E-state index contributed by atoms with van der Waals surface area (Å²) in [6.07, 6.45) is 7.76. The number of ether oxygens (including phenoxy) is 1. The second kappa shape index (κ2) is 11.3. The number of hydrogen-bond donors (Lipinski definition) is 2. The van der Waals surface area contributed by atoms with E-state index in [0.29, 0.717) is 6.42 Å². The number of likely N-dealkylation sites (tertiary alicyclic amines) is 1. The van der Waals surface area contributed by atoms with E-state index < -0.39 is 28.6 Å². The van der Waals surface area contributed by atoms with E-state index in [1.807, 2.05) is 30.3 Å². The third kappa shape index (κ3) is 6.10. The Bertz CT molecular complexity index is 1500. The molecule has 10 heteroatoms. The summed E-state index contributed by atoms with van der Waals surface area (Å²) < 4.78 is 35.1. The smallest absolute Gasteiger partial charge is 0.280 e. The van der Waals surface area contributed by atoms with Gasteiger partial charge in [-0.2, -0.15) is 0 Å². The SMILES string of the molecule is C#C[C@]1(F)CC[C@H](C(=O)N2CCC(O)(Cn3cnc(Oc4ccc(F)cc4)c(N)c3=O)CC2)[C@@H](c2ccccc2)C1. The number of carbonyl (C=O) groups excluding carboxylic acids is 1. The predicted octanol–water partition coefficient (Wildman–Crippen LogP) is 4.04. The van der Waals surface area contributed by atoms with Crippen LogP contribution < -0.4 is 16.0 Å². The summed E-state index contributed by atoms with van der Waals surface area (Å²) in [6.45, 7) is 0.504. The van der Waals surface area contributed by atoms with Crippen molar-refractivity contribution in [3.8, 4) is 24.0 Å². The summed E-state index contributed by atoms with van der Waals surface area (Å²) in [5, 5.41) is 11.3. The zero-order valence-electron chi connectivity index (χ0n) is 22.5. The van der Waals surface area contributed by atoms with Crippen LogP contribution in [-0.2, 0) is 11.3 Å². The maximum atomic E-state index is 15.2. The van der Waals surface area contributed by atoms with Crippen molar-refractivity contribution in [2.75, 3.05) is 18.8 Å². The van der Waals surface area contributed by atoms with Crippen LogP contribution in [0.4, 0.5) is 14.5 Å². The average molecular weight is 563 g/mol. The van der Waals surface area contributed by atoms with E-state index in [9.17, 15) is 19.1 Å². The predicted molar refractivity (Wildman–Crippen MR) is 149 cm³/mol. The van der Waals surface area contributed by atoms with Gasteiger partial charge in [-0.1, -0.05) is 36.3 Å². The van der Waals surface area contributed by atoms with Crippen molar-refractivity contribution in [2.24, 2.45) is 5.92 Å². The molecule has 3 atom stereocenters. The molecule has 1 saturated carbocycles. The van der Waals surface area contributed by atoms with Gasteiger partial charge in [0, 0.05) is 25.4 Å². The second-order valence-corrected chi connectivity index (χ2v) is 11.0. The van der Waals surface area contributed by atoms with Crippen molar-refractivity contribution in [2.45, 2.75) is 55.8 Å². The normalized spacial score (nSPS) is 23.9. The molecule has 0 bridgehead atoms. The molecular formula is C31H32F2N4O4. The number of halogens is 2. The average Bonchev–Trinajstić information content (AvgIpc) is 2.98. The largest absolute Gasteiger partial charge is 0.437 e. The van der Waals surface area contributed by atoms with Crippen LogP contribution in [-0.4, -0.2) is 49.8 Å². The number of nitrogen functional groups attached to an aromatic ring is 1. The van der Waals surface area contributed by atoms with E-state index in [2.05, 4.69) is 10.9 Å². The van der Waals surface area contributed by atoms with Crippen LogP contribution in [0.15, 0.2) is 65.7 Å². The van der Waals surface area contributed by atoms with Crippen LogP contribution in [0.25, 0.3) is 0 Å². The van der Waals surface area contributed by atoms with Gasteiger partial charge in [0.15, 0.2) is 11.4 Å². The highest BCUT2D eigenvalue weighted by molar-refractivity contribution is 5.80. The number of nitrogens with zero attached hydrogens (tertiary/aromatic N) is 3. The van der Waals surface area contributed by atoms with Gasteiger partial charge in [-0.05, 0) is 61.4 Å². The van der Waals surface area contributed by atoms with E-state index in [0.717, 1.165) is 5.56 Å². The first kappa shape index (κ1) is 28.3. The number of rotatable bonds is 6. The molecule has 0 spiro atoms. The van der Waals surface area contributed by atoms with Crippen LogP contribution in [0.3, 0.4) is 0 Å². The van der Waals surface area contributed by atoms with Crippen molar-refractivity contribution in [1.82, 2.24) is 14.5 Å². The summed E-state index contributed by atoms with van der Waals surface area (Å²) >= 11 is 0. The number of aliphatic hydroxyl groups is 1. The van der Waals surface area contributed by atoms with Crippen molar-refractivity contribution < 1.29 is 23.4 Å². The number of terminal acetylenes is 1. The zero-order chi connectivity index (χ0) is 29.2. The first-order chi connectivity index (χ1) is 19.6. The minimum absolute atomic E-state index is 0.0650. The molecule has 1 aliphatic heterocycles. The van der Waals surface area contributed by atoms with Gasteiger partial charge < -0.3 is 20.5 Å². The lowest BCUT2D eigenvalue weighted by atomic mass is 9.69. The third-order valence-electron chi connectivity index (χ3n) is 8.22. The lowest BCUT2D eigenvalue weighted by Gasteiger charge is -2.43. The number of carbonyl (C=O) groups is 1. The number of alkyl halides is 1. The fourth-order valence-corrected chi connectivity index (χ4v) is 5.81.